The normalized spacial score (nSPS) is 9.70. The van der Waals surface area contributed by atoms with Gasteiger partial charge in [0.25, 0.3) is 0 Å². The molecular formula is C5H6ClNO3. The Bertz CT molecular complexity index is 166. The zero-order valence-electron chi connectivity index (χ0n) is 5.00. The van der Waals surface area contributed by atoms with E-state index in [4.69, 9.17) is 16.7 Å². The van der Waals surface area contributed by atoms with Crippen LogP contribution in [0.4, 0.5) is 0 Å². The SMILES string of the molecule is O=C(O)/C=C/NC(=O)CCl. The molecule has 56 valence electrons. The molecule has 0 saturated carbocycles. The van der Waals surface area contributed by atoms with Gasteiger partial charge in [-0.25, -0.2) is 4.79 Å². The monoisotopic (exact) mass is 163 g/mol. The predicted octanol–water partition coefficient (Wildman–Crippen LogP) is -0.0603. The number of hydrogen-bond donors (Lipinski definition) is 2. The van der Waals surface area contributed by atoms with Gasteiger partial charge in [0.05, 0.1) is 0 Å². The molecule has 4 nitrogen and oxygen atoms in total. The van der Waals surface area contributed by atoms with Crippen molar-refractivity contribution in [3.05, 3.63) is 12.3 Å². The molecule has 0 fully saturated rings. The van der Waals surface area contributed by atoms with E-state index in [9.17, 15) is 9.59 Å². The number of aliphatic carboxylic acids is 1. The average Bonchev–Trinajstić information content (AvgIpc) is 1.87. The lowest BCUT2D eigenvalue weighted by Gasteiger charge is -1.90. The highest BCUT2D eigenvalue weighted by Crippen LogP contribution is 1.74. The number of rotatable bonds is 3. The fourth-order valence-corrected chi connectivity index (χ4v) is 0.322. The van der Waals surface area contributed by atoms with Crippen molar-refractivity contribution in [1.29, 1.82) is 0 Å². The standard InChI is InChI=1S/C5H6ClNO3/c6-3-4(8)7-2-1-5(9)10/h1-2H,3H2,(H,7,8)(H,9,10)/b2-1+. The van der Waals surface area contributed by atoms with Crippen LogP contribution in [0.1, 0.15) is 0 Å². The molecule has 1 amide bonds. The first-order valence-corrected chi connectivity index (χ1v) is 2.95. The lowest BCUT2D eigenvalue weighted by atomic mass is 10.6. The maximum Gasteiger partial charge on any atom is 0.329 e. The first kappa shape index (κ1) is 8.97. The number of carboxylic acid groups (broad SMARTS) is 1. The predicted molar refractivity (Wildman–Crippen MR) is 35.6 cm³/mol. The van der Waals surface area contributed by atoms with Crippen molar-refractivity contribution in [2.45, 2.75) is 0 Å². The Kier molecular flexibility index (Phi) is 4.32. The third-order valence-electron chi connectivity index (χ3n) is 0.592. The Morgan fingerprint density at radius 2 is 2.20 bits per heavy atom. The number of carboxylic acids is 1. The average molecular weight is 164 g/mol. The Labute approximate surface area is 62.5 Å². The van der Waals surface area contributed by atoms with Gasteiger partial charge in [0.1, 0.15) is 5.88 Å². The summed E-state index contributed by atoms with van der Waals surface area (Å²) in [6, 6.07) is 0. The summed E-state index contributed by atoms with van der Waals surface area (Å²) in [4.78, 5) is 20.1. The van der Waals surface area contributed by atoms with Gasteiger partial charge in [0.15, 0.2) is 0 Å². The van der Waals surface area contributed by atoms with Crippen molar-refractivity contribution in [2.75, 3.05) is 5.88 Å². The number of halogens is 1. The van der Waals surface area contributed by atoms with Crippen molar-refractivity contribution in [2.24, 2.45) is 0 Å². The van der Waals surface area contributed by atoms with Gasteiger partial charge in [-0.05, 0) is 0 Å². The second-order valence-corrected chi connectivity index (χ2v) is 1.64. The van der Waals surface area contributed by atoms with E-state index in [-0.39, 0.29) is 5.88 Å². The summed E-state index contributed by atoms with van der Waals surface area (Å²) < 4.78 is 0. The zero-order chi connectivity index (χ0) is 7.98. The largest absolute Gasteiger partial charge is 0.478 e. The van der Waals surface area contributed by atoms with E-state index >= 15 is 0 Å². The summed E-state index contributed by atoms with van der Waals surface area (Å²) in [6.45, 7) is 0. The van der Waals surface area contributed by atoms with Crippen LogP contribution in [-0.4, -0.2) is 22.9 Å². The highest BCUT2D eigenvalue weighted by atomic mass is 35.5. The van der Waals surface area contributed by atoms with Gasteiger partial charge in [-0.2, -0.15) is 0 Å². The molecule has 0 saturated heterocycles. The van der Waals surface area contributed by atoms with E-state index in [1.807, 2.05) is 0 Å². The van der Waals surface area contributed by atoms with Crippen molar-refractivity contribution < 1.29 is 14.7 Å². The van der Waals surface area contributed by atoms with Crippen molar-refractivity contribution >= 4 is 23.5 Å². The van der Waals surface area contributed by atoms with E-state index in [1.165, 1.54) is 0 Å². The molecule has 0 aromatic rings. The Hall–Kier alpha value is -1.03. The number of hydrogen-bond acceptors (Lipinski definition) is 2. The van der Waals surface area contributed by atoms with Crippen LogP contribution in [0.3, 0.4) is 0 Å². The van der Waals surface area contributed by atoms with Crippen molar-refractivity contribution in [3.8, 4) is 0 Å². The molecule has 10 heavy (non-hydrogen) atoms. The van der Waals surface area contributed by atoms with E-state index in [0.29, 0.717) is 0 Å². The molecule has 0 rings (SSSR count). The molecule has 0 aliphatic heterocycles. The van der Waals surface area contributed by atoms with Gasteiger partial charge in [-0.1, -0.05) is 0 Å². The summed E-state index contributed by atoms with van der Waals surface area (Å²) in [5.41, 5.74) is 0. The minimum Gasteiger partial charge on any atom is -0.478 e. The molecule has 0 atom stereocenters. The maximum atomic E-state index is 10.3. The first-order valence-electron chi connectivity index (χ1n) is 2.41. The number of alkyl halides is 1. The molecule has 0 unspecified atom stereocenters. The fourth-order valence-electron chi connectivity index (χ4n) is 0.244. The van der Waals surface area contributed by atoms with E-state index in [1.54, 1.807) is 0 Å². The van der Waals surface area contributed by atoms with Crippen LogP contribution in [0.15, 0.2) is 12.3 Å². The number of carbonyl (C=O) groups is 2. The molecule has 0 spiro atoms. The molecule has 0 aromatic carbocycles. The van der Waals surface area contributed by atoms with Crippen molar-refractivity contribution in [1.82, 2.24) is 5.32 Å². The molecule has 0 aliphatic carbocycles. The van der Waals surface area contributed by atoms with Gasteiger partial charge in [-0.15, -0.1) is 11.6 Å². The smallest absolute Gasteiger partial charge is 0.329 e. The Balaban J connectivity index is 3.53. The zero-order valence-corrected chi connectivity index (χ0v) is 5.76. The fraction of sp³-hybridized carbons (Fsp3) is 0.200. The molecule has 0 heterocycles. The van der Waals surface area contributed by atoms with E-state index in [0.717, 1.165) is 12.3 Å². The minimum atomic E-state index is -1.12. The summed E-state index contributed by atoms with van der Waals surface area (Å²) in [5.74, 6) is -1.72. The molecule has 2 N–H and O–H groups in total. The van der Waals surface area contributed by atoms with Crippen molar-refractivity contribution in [3.63, 3.8) is 0 Å². The minimum absolute atomic E-state index is 0.177. The highest BCUT2D eigenvalue weighted by Gasteiger charge is 1.92. The van der Waals surface area contributed by atoms with E-state index in [2.05, 4.69) is 5.32 Å². The quantitative estimate of drug-likeness (QED) is 0.453. The molecular weight excluding hydrogens is 158 g/mol. The third-order valence-corrected chi connectivity index (χ3v) is 0.834. The molecule has 0 bridgehead atoms. The topological polar surface area (TPSA) is 66.4 Å². The first-order chi connectivity index (χ1) is 4.66. The molecule has 0 radical (unpaired) electrons. The molecule has 0 aromatic heterocycles. The van der Waals surface area contributed by atoms with Gasteiger partial charge in [0, 0.05) is 12.3 Å². The number of carbonyl (C=O) groups excluding carboxylic acids is 1. The second-order valence-electron chi connectivity index (χ2n) is 1.37. The van der Waals surface area contributed by atoms with Crippen LogP contribution in [0.2, 0.25) is 0 Å². The lowest BCUT2D eigenvalue weighted by molar-refractivity contribution is -0.131. The molecule has 0 aliphatic rings. The van der Waals surface area contributed by atoms with E-state index < -0.39 is 11.9 Å². The van der Waals surface area contributed by atoms with Crippen LogP contribution in [-0.2, 0) is 9.59 Å². The van der Waals surface area contributed by atoms with Crippen LogP contribution in [0.25, 0.3) is 0 Å². The van der Waals surface area contributed by atoms with Crippen LogP contribution >= 0.6 is 11.6 Å². The summed E-state index contributed by atoms with van der Waals surface area (Å²) in [5, 5.41) is 10.2. The molecule has 5 heteroatoms. The Morgan fingerprint density at radius 1 is 1.60 bits per heavy atom. The van der Waals surface area contributed by atoms with Gasteiger partial charge in [-0.3, -0.25) is 4.79 Å². The number of amides is 1. The summed E-state index contributed by atoms with van der Waals surface area (Å²) in [6.07, 6.45) is 1.83. The van der Waals surface area contributed by atoms with Gasteiger partial charge < -0.3 is 10.4 Å². The van der Waals surface area contributed by atoms with Crippen LogP contribution < -0.4 is 5.32 Å². The van der Waals surface area contributed by atoms with Gasteiger partial charge in [0.2, 0.25) is 5.91 Å². The highest BCUT2D eigenvalue weighted by molar-refractivity contribution is 6.27. The third kappa shape index (κ3) is 5.11. The summed E-state index contributed by atoms with van der Waals surface area (Å²) >= 11 is 5.07. The maximum absolute atomic E-state index is 10.3. The van der Waals surface area contributed by atoms with Gasteiger partial charge >= 0.3 is 5.97 Å². The number of nitrogens with one attached hydrogen (secondary N) is 1. The van der Waals surface area contributed by atoms with Crippen LogP contribution in [0, 0.1) is 0 Å². The second kappa shape index (κ2) is 4.81. The Morgan fingerprint density at radius 3 is 2.60 bits per heavy atom. The summed E-state index contributed by atoms with van der Waals surface area (Å²) in [7, 11) is 0. The lowest BCUT2D eigenvalue weighted by Crippen LogP contribution is -2.18. The van der Waals surface area contributed by atoms with Crippen LogP contribution in [0.5, 0.6) is 0 Å².